The second-order valence-electron chi connectivity index (χ2n) is 4.25. The highest BCUT2D eigenvalue weighted by Gasteiger charge is 2.17. The Morgan fingerprint density at radius 1 is 1.53 bits per heavy atom. The van der Waals surface area contributed by atoms with Crippen LogP contribution in [-0.4, -0.2) is 25.9 Å². The van der Waals surface area contributed by atoms with Gasteiger partial charge in [0, 0.05) is 18.3 Å². The topological polar surface area (TPSA) is 102 Å². The minimum Gasteiger partial charge on any atom is -0.396 e. The van der Waals surface area contributed by atoms with Gasteiger partial charge in [0.15, 0.2) is 5.82 Å². The Balaban J connectivity index is 2.13. The highest BCUT2D eigenvalue weighted by atomic mass is 16.2. The summed E-state index contributed by atoms with van der Waals surface area (Å²) in [5, 5.41) is 13.7. The van der Waals surface area contributed by atoms with Crippen LogP contribution < -0.4 is 11.1 Å². The standard InChI is InChI=1S/C12H18N6O/c1-3-5-8-6-10(17-16-8)15-12(19)11-9(13)7-14-18(11)4-2/h6-7H,3-5,13H2,1-2H3,(H2,15,16,17,19). The summed E-state index contributed by atoms with van der Waals surface area (Å²) in [6.45, 7) is 4.57. The predicted octanol–water partition coefficient (Wildman–Crippen LogP) is 1.41. The Labute approximate surface area is 111 Å². The van der Waals surface area contributed by atoms with Gasteiger partial charge in [-0.25, -0.2) is 0 Å². The van der Waals surface area contributed by atoms with Crippen LogP contribution in [0.3, 0.4) is 0 Å². The molecule has 0 aromatic carbocycles. The number of anilines is 2. The molecule has 2 rings (SSSR count). The van der Waals surface area contributed by atoms with E-state index in [1.807, 2.05) is 13.0 Å². The molecule has 0 radical (unpaired) electrons. The van der Waals surface area contributed by atoms with Crippen molar-refractivity contribution in [3.8, 4) is 0 Å². The Hall–Kier alpha value is -2.31. The zero-order valence-corrected chi connectivity index (χ0v) is 11.1. The molecule has 7 heteroatoms. The number of aromatic nitrogens is 4. The number of nitrogens with zero attached hydrogens (tertiary/aromatic N) is 3. The number of aromatic amines is 1. The zero-order chi connectivity index (χ0) is 13.8. The number of aryl methyl sites for hydroxylation is 2. The second kappa shape index (κ2) is 5.55. The molecule has 4 N–H and O–H groups in total. The molecule has 2 aromatic rings. The number of carbonyl (C=O) groups is 1. The minimum absolute atomic E-state index is 0.300. The molecule has 102 valence electrons. The molecule has 7 nitrogen and oxygen atoms in total. The summed E-state index contributed by atoms with van der Waals surface area (Å²) in [6.07, 6.45) is 3.40. The molecule has 0 saturated carbocycles. The molecule has 0 fully saturated rings. The van der Waals surface area contributed by atoms with E-state index in [1.165, 1.54) is 6.20 Å². The smallest absolute Gasteiger partial charge is 0.277 e. The van der Waals surface area contributed by atoms with Gasteiger partial charge in [0.05, 0.1) is 11.9 Å². The highest BCUT2D eigenvalue weighted by Crippen LogP contribution is 2.14. The third-order valence-electron chi connectivity index (χ3n) is 2.77. The Bertz CT molecular complexity index is 571. The monoisotopic (exact) mass is 262 g/mol. The van der Waals surface area contributed by atoms with E-state index in [0.717, 1.165) is 18.5 Å². The quantitative estimate of drug-likeness (QED) is 0.758. The number of hydrogen-bond donors (Lipinski definition) is 3. The summed E-state index contributed by atoms with van der Waals surface area (Å²) in [5.74, 6) is 0.197. The average Bonchev–Trinajstić information content (AvgIpc) is 2.96. The van der Waals surface area contributed by atoms with E-state index >= 15 is 0 Å². The minimum atomic E-state index is -0.300. The number of nitrogens with two attached hydrogens (primary N) is 1. The van der Waals surface area contributed by atoms with E-state index in [2.05, 4.69) is 27.5 Å². The molecule has 0 aliphatic carbocycles. The maximum Gasteiger partial charge on any atom is 0.277 e. The molecule has 2 heterocycles. The van der Waals surface area contributed by atoms with Gasteiger partial charge in [-0.05, 0) is 13.3 Å². The molecule has 2 aromatic heterocycles. The Morgan fingerprint density at radius 2 is 2.32 bits per heavy atom. The first-order valence-corrected chi connectivity index (χ1v) is 6.32. The van der Waals surface area contributed by atoms with Gasteiger partial charge in [0.2, 0.25) is 0 Å². The summed E-state index contributed by atoms with van der Waals surface area (Å²) < 4.78 is 1.56. The van der Waals surface area contributed by atoms with Gasteiger partial charge in [-0.1, -0.05) is 13.3 Å². The molecule has 0 spiro atoms. The summed E-state index contributed by atoms with van der Waals surface area (Å²) in [7, 11) is 0. The molecule has 0 saturated heterocycles. The normalized spacial score (nSPS) is 10.6. The van der Waals surface area contributed by atoms with Crippen LogP contribution in [0.25, 0.3) is 0 Å². The molecule has 0 bridgehead atoms. The number of nitrogen functional groups attached to an aromatic ring is 1. The molecular formula is C12H18N6O. The van der Waals surface area contributed by atoms with Crippen molar-refractivity contribution in [2.24, 2.45) is 0 Å². The van der Waals surface area contributed by atoms with Crippen LogP contribution in [0.5, 0.6) is 0 Å². The number of nitrogens with one attached hydrogen (secondary N) is 2. The SMILES string of the molecule is CCCc1cc(NC(=O)c2c(N)cnn2CC)n[nH]1. The lowest BCUT2D eigenvalue weighted by Crippen LogP contribution is -2.19. The van der Waals surface area contributed by atoms with Crippen LogP contribution in [0.15, 0.2) is 12.3 Å². The summed E-state index contributed by atoms with van der Waals surface area (Å²) >= 11 is 0. The number of hydrogen-bond acceptors (Lipinski definition) is 4. The fourth-order valence-electron chi connectivity index (χ4n) is 1.89. The van der Waals surface area contributed by atoms with E-state index < -0.39 is 0 Å². The van der Waals surface area contributed by atoms with Gasteiger partial charge in [-0.2, -0.15) is 10.2 Å². The summed E-state index contributed by atoms with van der Waals surface area (Å²) in [6, 6.07) is 1.82. The van der Waals surface area contributed by atoms with Crippen molar-refractivity contribution >= 4 is 17.4 Å². The average molecular weight is 262 g/mol. The molecule has 1 amide bonds. The summed E-state index contributed by atoms with van der Waals surface area (Å²) in [5.41, 5.74) is 7.48. The van der Waals surface area contributed by atoms with Crippen LogP contribution in [0.2, 0.25) is 0 Å². The van der Waals surface area contributed by atoms with Crippen LogP contribution in [0, 0.1) is 0 Å². The third-order valence-corrected chi connectivity index (χ3v) is 2.77. The second-order valence-corrected chi connectivity index (χ2v) is 4.25. The van der Waals surface area contributed by atoms with Crippen molar-refractivity contribution < 1.29 is 4.79 Å². The van der Waals surface area contributed by atoms with E-state index in [-0.39, 0.29) is 5.91 Å². The van der Waals surface area contributed by atoms with Crippen molar-refractivity contribution in [1.29, 1.82) is 0 Å². The molecule has 19 heavy (non-hydrogen) atoms. The Kier molecular flexibility index (Phi) is 3.84. The lowest BCUT2D eigenvalue weighted by Gasteiger charge is -2.05. The van der Waals surface area contributed by atoms with Crippen molar-refractivity contribution in [2.75, 3.05) is 11.1 Å². The lowest BCUT2D eigenvalue weighted by molar-refractivity contribution is 0.101. The van der Waals surface area contributed by atoms with Crippen molar-refractivity contribution in [3.05, 3.63) is 23.7 Å². The maximum atomic E-state index is 12.1. The van der Waals surface area contributed by atoms with Crippen LogP contribution in [0.1, 0.15) is 36.5 Å². The fraction of sp³-hybridized carbons (Fsp3) is 0.417. The van der Waals surface area contributed by atoms with Crippen molar-refractivity contribution in [1.82, 2.24) is 20.0 Å². The van der Waals surface area contributed by atoms with E-state index in [4.69, 9.17) is 5.73 Å². The molecule has 0 atom stereocenters. The van der Waals surface area contributed by atoms with E-state index in [0.29, 0.717) is 23.7 Å². The largest absolute Gasteiger partial charge is 0.396 e. The van der Waals surface area contributed by atoms with Gasteiger partial charge < -0.3 is 11.1 Å². The van der Waals surface area contributed by atoms with Gasteiger partial charge in [-0.3, -0.25) is 14.6 Å². The van der Waals surface area contributed by atoms with Crippen molar-refractivity contribution in [2.45, 2.75) is 33.2 Å². The van der Waals surface area contributed by atoms with E-state index in [1.54, 1.807) is 4.68 Å². The number of H-pyrrole nitrogens is 1. The molecule has 0 aliphatic heterocycles. The van der Waals surface area contributed by atoms with Gasteiger partial charge in [-0.15, -0.1) is 0 Å². The number of rotatable bonds is 5. The van der Waals surface area contributed by atoms with Gasteiger partial charge in [0.25, 0.3) is 5.91 Å². The first-order valence-electron chi connectivity index (χ1n) is 6.32. The van der Waals surface area contributed by atoms with E-state index in [9.17, 15) is 4.79 Å². The molecular weight excluding hydrogens is 244 g/mol. The Morgan fingerprint density at radius 3 is 3.00 bits per heavy atom. The third kappa shape index (κ3) is 2.75. The summed E-state index contributed by atoms with van der Waals surface area (Å²) in [4.78, 5) is 12.1. The molecule has 0 unspecified atom stereocenters. The van der Waals surface area contributed by atoms with Gasteiger partial charge in [0.1, 0.15) is 5.69 Å². The lowest BCUT2D eigenvalue weighted by atomic mass is 10.2. The maximum absolute atomic E-state index is 12.1. The van der Waals surface area contributed by atoms with Crippen LogP contribution in [0.4, 0.5) is 11.5 Å². The first kappa shape index (κ1) is 13.1. The molecule has 0 aliphatic rings. The van der Waals surface area contributed by atoms with Crippen LogP contribution >= 0.6 is 0 Å². The van der Waals surface area contributed by atoms with Crippen LogP contribution in [-0.2, 0) is 13.0 Å². The number of carbonyl (C=O) groups excluding carboxylic acids is 1. The zero-order valence-electron chi connectivity index (χ0n) is 11.1. The first-order chi connectivity index (χ1) is 9.15. The van der Waals surface area contributed by atoms with Gasteiger partial charge >= 0.3 is 0 Å². The predicted molar refractivity (Wildman–Crippen MR) is 72.8 cm³/mol. The van der Waals surface area contributed by atoms with Crippen molar-refractivity contribution in [3.63, 3.8) is 0 Å². The highest BCUT2D eigenvalue weighted by molar-refractivity contribution is 6.05. The fourth-order valence-corrected chi connectivity index (χ4v) is 1.89. The number of amides is 1.